The Morgan fingerprint density at radius 1 is 1.43 bits per heavy atom. The molecule has 0 aliphatic carbocycles. The molecule has 0 spiro atoms. The minimum absolute atomic E-state index is 0.0116. The first-order valence-electron chi connectivity index (χ1n) is 7.62. The summed E-state index contributed by atoms with van der Waals surface area (Å²) in [6.45, 7) is 8.19. The Morgan fingerprint density at radius 2 is 2.19 bits per heavy atom. The number of rotatable bonds is 3. The van der Waals surface area contributed by atoms with Crippen LogP contribution < -0.4 is 10.1 Å². The number of amides is 1. The van der Waals surface area contributed by atoms with Crippen molar-refractivity contribution in [2.45, 2.75) is 58.7 Å². The Balaban J connectivity index is 1.86. The molecular formula is C17H25NO3. The maximum Gasteiger partial charge on any atom is 0.407 e. The van der Waals surface area contributed by atoms with Crippen molar-refractivity contribution >= 4 is 6.09 Å². The van der Waals surface area contributed by atoms with Gasteiger partial charge in [-0.25, -0.2) is 4.79 Å². The summed E-state index contributed by atoms with van der Waals surface area (Å²) in [5, 5.41) is 2.78. The Bertz CT molecular complexity index is 505. The zero-order valence-corrected chi connectivity index (χ0v) is 13.4. The van der Waals surface area contributed by atoms with E-state index in [1.54, 1.807) is 0 Å². The highest BCUT2D eigenvalue weighted by Crippen LogP contribution is 2.28. The van der Waals surface area contributed by atoms with Crippen LogP contribution in [-0.2, 0) is 17.6 Å². The van der Waals surface area contributed by atoms with E-state index < -0.39 is 11.7 Å². The summed E-state index contributed by atoms with van der Waals surface area (Å²) in [6, 6.07) is 6.35. The third-order valence-electron chi connectivity index (χ3n) is 3.44. The van der Waals surface area contributed by atoms with Crippen molar-refractivity contribution in [1.29, 1.82) is 0 Å². The van der Waals surface area contributed by atoms with Crippen LogP contribution in [0.1, 0.15) is 45.2 Å². The van der Waals surface area contributed by atoms with Gasteiger partial charge in [0.15, 0.2) is 0 Å². The van der Waals surface area contributed by atoms with Gasteiger partial charge in [0.05, 0.1) is 6.54 Å². The molecule has 1 aliphatic heterocycles. The normalized spacial score (nSPS) is 17.6. The smallest absolute Gasteiger partial charge is 0.407 e. The fourth-order valence-corrected chi connectivity index (χ4v) is 2.37. The summed E-state index contributed by atoms with van der Waals surface area (Å²) in [4.78, 5) is 11.6. The number of hydrogen-bond acceptors (Lipinski definition) is 3. The zero-order chi connectivity index (χ0) is 15.5. The Labute approximate surface area is 126 Å². The van der Waals surface area contributed by atoms with Gasteiger partial charge in [-0.05, 0) is 57.2 Å². The number of nitrogens with one attached hydrogen (secondary N) is 1. The first kappa shape index (κ1) is 15.7. The number of aryl methyl sites for hydroxylation is 2. The summed E-state index contributed by atoms with van der Waals surface area (Å²) >= 11 is 0. The molecule has 4 heteroatoms. The van der Waals surface area contributed by atoms with Crippen LogP contribution >= 0.6 is 0 Å². The number of hydrogen-bond donors (Lipinski definition) is 1. The topological polar surface area (TPSA) is 47.6 Å². The lowest BCUT2D eigenvalue weighted by Crippen LogP contribution is -2.40. The summed E-state index contributed by atoms with van der Waals surface area (Å²) in [5.74, 6) is 0.939. The fourth-order valence-electron chi connectivity index (χ4n) is 2.37. The standard InChI is InChI=1S/C17H25NO3/c1-5-12-6-9-15-13(10-12)7-8-14(20-15)11-18-16(19)21-17(2,3)4/h6,9-10,14H,5,7-8,11H2,1-4H3,(H,18,19). The number of fused-ring (bicyclic) bond motifs is 1. The second-order valence-electron chi connectivity index (χ2n) is 6.46. The molecule has 2 rings (SSSR count). The summed E-state index contributed by atoms with van der Waals surface area (Å²) in [6.07, 6.45) is 2.56. The molecule has 0 saturated carbocycles. The number of ether oxygens (including phenoxy) is 2. The summed E-state index contributed by atoms with van der Waals surface area (Å²) in [5.41, 5.74) is 2.13. The van der Waals surface area contributed by atoms with Crippen molar-refractivity contribution in [1.82, 2.24) is 5.32 Å². The lowest BCUT2D eigenvalue weighted by atomic mass is 9.99. The molecule has 1 heterocycles. The lowest BCUT2D eigenvalue weighted by Gasteiger charge is -2.27. The van der Waals surface area contributed by atoms with Crippen molar-refractivity contribution in [3.63, 3.8) is 0 Å². The molecule has 0 saturated heterocycles. The number of carbonyl (C=O) groups excluding carboxylic acids is 1. The van der Waals surface area contributed by atoms with Gasteiger partial charge in [0.25, 0.3) is 0 Å². The molecular weight excluding hydrogens is 266 g/mol. The van der Waals surface area contributed by atoms with Gasteiger partial charge in [0.1, 0.15) is 17.5 Å². The third kappa shape index (κ3) is 4.66. The quantitative estimate of drug-likeness (QED) is 0.927. The SMILES string of the molecule is CCc1ccc2c(c1)CCC(CNC(=O)OC(C)(C)C)O2. The minimum atomic E-state index is -0.472. The van der Waals surface area contributed by atoms with Gasteiger partial charge in [0, 0.05) is 0 Å². The van der Waals surface area contributed by atoms with Crippen LogP contribution in [0.2, 0.25) is 0 Å². The van der Waals surface area contributed by atoms with Gasteiger partial charge in [-0.3, -0.25) is 0 Å². The van der Waals surface area contributed by atoms with E-state index in [0.717, 1.165) is 25.0 Å². The fraction of sp³-hybridized carbons (Fsp3) is 0.588. The molecule has 0 bridgehead atoms. The monoisotopic (exact) mass is 291 g/mol. The molecule has 1 aromatic rings. The lowest BCUT2D eigenvalue weighted by molar-refractivity contribution is 0.0494. The molecule has 21 heavy (non-hydrogen) atoms. The zero-order valence-electron chi connectivity index (χ0n) is 13.4. The van der Waals surface area contributed by atoms with E-state index in [0.29, 0.717) is 6.54 Å². The van der Waals surface area contributed by atoms with Gasteiger partial charge in [-0.15, -0.1) is 0 Å². The van der Waals surface area contributed by atoms with E-state index in [4.69, 9.17) is 9.47 Å². The maximum absolute atomic E-state index is 11.6. The highest BCUT2D eigenvalue weighted by atomic mass is 16.6. The molecule has 1 unspecified atom stereocenters. The predicted molar refractivity (Wildman–Crippen MR) is 82.8 cm³/mol. The van der Waals surface area contributed by atoms with Gasteiger partial charge in [0.2, 0.25) is 0 Å². The van der Waals surface area contributed by atoms with Crippen LogP contribution in [0.4, 0.5) is 4.79 Å². The van der Waals surface area contributed by atoms with Crippen molar-refractivity contribution in [3.05, 3.63) is 29.3 Å². The van der Waals surface area contributed by atoms with Gasteiger partial charge >= 0.3 is 6.09 Å². The maximum atomic E-state index is 11.6. The molecule has 0 aromatic heterocycles. The van der Waals surface area contributed by atoms with E-state index >= 15 is 0 Å². The molecule has 1 amide bonds. The van der Waals surface area contributed by atoms with Crippen LogP contribution in [-0.4, -0.2) is 24.3 Å². The third-order valence-corrected chi connectivity index (χ3v) is 3.44. The van der Waals surface area contributed by atoms with E-state index in [1.165, 1.54) is 11.1 Å². The van der Waals surface area contributed by atoms with Crippen molar-refractivity contribution < 1.29 is 14.3 Å². The molecule has 1 aliphatic rings. The molecule has 1 aromatic carbocycles. The van der Waals surface area contributed by atoms with E-state index in [9.17, 15) is 4.79 Å². The highest BCUT2D eigenvalue weighted by Gasteiger charge is 2.22. The van der Waals surface area contributed by atoms with E-state index in [2.05, 4.69) is 24.4 Å². The van der Waals surface area contributed by atoms with Crippen LogP contribution in [0.3, 0.4) is 0 Å². The first-order chi connectivity index (χ1) is 9.87. The van der Waals surface area contributed by atoms with Gasteiger partial charge in [-0.1, -0.05) is 19.1 Å². The largest absolute Gasteiger partial charge is 0.488 e. The highest BCUT2D eigenvalue weighted by molar-refractivity contribution is 5.67. The summed E-state index contributed by atoms with van der Waals surface area (Å²) in [7, 11) is 0. The molecule has 0 fully saturated rings. The molecule has 116 valence electrons. The van der Waals surface area contributed by atoms with Gasteiger partial charge < -0.3 is 14.8 Å². The molecule has 4 nitrogen and oxygen atoms in total. The van der Waals surface area contributed by atoms with Crippen molar-refractivity contribution in [2.75, 3.05) is 6.54 Å². The average Bonchev–Trinajstić information content (AvgIpc) is 2.42. The Morgan fingerprint density at radius 3 is 2.86 bits per heavy atom. The first-order valence-corrected chi connectivity index (χ1v) is 7.62. The van der Waals surface area contributed by atoms with Crippen LogP contribution in [0, 0.1) is 0 Å². The van der Waals surface area contributed by atoms with E-state index in [-0.39, 0.29) is 6.10 Å². The number of carbonyl (C=O) groups is 1. The second-order valence-corrected chi connectivity index (χ2v) is 6.46. The van der Waals surface area contributed by atoms with E-state index in [1.807, 2.05) is 26.8 Å². The predicted octanol–water partition coefficient (Wildman–Crippen LogP) is 3.47. The van der Waals surface area contributed by atoms with Crippen molar-refractivity contribution in [3.8, 4) is 5.75 Å². The average molecular weight is 291 g/mol. The second kappa shape index (κ2) is 6.37. The van der Waals surface area contributed by atoms with Crippen LogP contribution in [0.5, 0.6) is 5.75 Å². The summed E-state index contributed by atoms with van der Waals surface area (Å²) < 4.78 is 11.2. The van der Waals surface area contributed by atoms with Crippen LogP contribution in [0.15, 0.2) is 18.2 Å². The van der Waals surface area contributed by atoms with Crippen molar-refractivity contribution in [2.24, 2.45) is 0 Å². The Kier molecular flexibility index (Phi) is 4.76. The molecule has 1 N–H and O–H groups in total. The minimum Gasteiger partial charge on any atom is -0.488 e. The molecule has 0 radical (unpaired) electrons. The van der Waals surface area contributed by atoms with Crippen LogP contribution in [0.25, 0.3) is 0 Å². The number of alkyl carbamates (subject to hydrolysis) is 1. The van der Waals surface area contributed by atoms with Gasteiger partial charge in [-0.2, -0.15) is 0 Å². The number of benzene rings is 1. The Hall–Kier alpha value is -1.71. The molecule has 1 atom stereocenters.